The number of pyridine rings is 1. The normalized spacial score (nSPS) is 16.3. The van der Waals surface area contributed by atoms with Crippen molar-refractivity contribution in [3.8, 4) is 22.8 Å². The highest BCUT2D eigenvalue weighted by atomic mass is 19.4. The van der Waals surface area contributed by atoms with Gasteiger partial charge in [-0.2, -0.15) is 0 Å². The number of ether oxygens (including phenoxy) is 2. The van der Waals surface area contributed by atoms with E-state index < -0.39 is 12.3 Å². The Morgan fingerprint density at radius 2 is 1.82 bits per heavy atom. The van der Waals surface area contributed by atoms with Crippen LogP contribution in [0.3, 0.4) is 0 Å². The minimum atomic E-state index is -4.82. The zero-order valence-corrected chi connectivity index (χ0v) is 24.3. The first-order valence-corrected chi connectivity index (χ1v) is 14.7. The van der Waals surface area contributed by atoms with E-state index in [1.165, 1.54) is 18.2 Å². The van der Waals surface area contributed by atoms with Crippen molar-refractivity contribution >= 4 is 28.6 Å². The molecule has 2 aliphatic rings. The summed E-state index contributed by atoms with van der Waals surface area (Å²) < 4.78 is 55.2. The zero-order valence-electron chi connectivity index (χ0n) is 24.3. The fraction of sp³-hybridized carbons (Fsp3) is 0.364. The second-order valence-corrected chi connectivity index (χ2v) is 11.5. The molecule has 1 N–H and O–H groups in total. The van der Waals surface area contributed by atoms with Gasteiger partial charge in [0, 0.05) is 47.3 Å². The van der Waals surface area contributed by atoms with Gasteiger partial charge in [-0.3, -0.25) is 0 Å². The van der Waals surface area contributed by atoms with Crippen LogP contribution in [-0.4, -0.2) is 46.8 Å². The molecule has 2 aromatic heterocycles. The predicted molar refractivity (Wildman–Crippen MR) is 159 cm³/mol. The van der Waals surface area contributed by atoms with E-state index in [1.807, 2.05) is 38.1 Å². The Morgan fingerprint density at radius 1 is 1.07 bits per heavy atom. The summed E-state index contributed by atoms with van der Waals surface area (Å²) in [5.41, 5.74) is 2.77. The molecule has 4 aromatic rings. The number of aromatic carboxylic acids is 1. The maximum atomic E-state index is 13.1. The Labute approximate surface area is 252 Å². The molecular formula is C33H32F3N3O5. The maximum absolute atomic E-state index is 13.1. The highest BCUT2D eigenvalue weighted by molar-refractivity contribution is 5.94. The number of fused-ring (bicyclic) bond motifs is 1. The summed E-state index contributed by atoms with van der Waals surface area (Å²) in [6.45, 7) is 5.35. The van der Waals surface area contributed by atoms with Gasteiger partial charge < -0.3 is 24.0 Å². The van der Waals surface area contributed by atoms with Crippen LogP contribution in [0.25, 0.3) is 28.2 Å². The van der Waals surface area contributed by atoms with Crippen LogP contribution < -0.4 is 14.4 Å². The molecule has 3 heterocycles. The number of rotatable bonds is 9. The van der Waals surface area contributed by atoms with Crippen LogP contribution in [0.4, 0.5) is 18.9 Å². The molecule has 0 atom stereocenters. The average molecular weight is 608 g/mol. The number of benzene rings is 2. The Morgan fingerprint density at radius 3 is 2.50 bits per heavy atom. The largest absolute Gasteiger partial charge is 0.573 e. The first-order valence-electron chi connectivity index (χ1n) is 14.7. The molecule has 0 unspecified atom stereocenters. The van der Waals surface area contributed by atoms with E-state index in [4.69, 9.17) is 9.26 Å². The van der Waals surface area contributed by atoms with Crippen LogP contribution in [0, 0.1) is 5.92 Å². The molecule has 0 spiro atoms. The number of carbonyl (C=O) groups is 1. The lowest BCUT2D eigenvalue weighted by Gasteiger charge is -2.32. The first kappa shape index (κ1) is 29.5. The molecule has 1 saturated carbocycles. The van der Waals surface area contributed by atoms with E-state index in [-0.39, 0.29) is 34.9 Å². The van der Waals surface area contributed by atoms with Crippen molar-refractivity contribution in [1.82, 2.24) is 10.1 Å². The summed E-state index contributed by atoms with van der Waals surface area (Å²) in [6.07, 6.45) is 2.75. The number of alkyl halides is 3. The third kappa shape index (κ3) is 6.51. The van der Waals surface area contributed by atoms with Crippen molar-refractivity contribution in [3.63, 3.8) is 0 Å². The topological polar surface area (TPSA) is 97.9 Å². The summed E-state index contributed by atoms with van der Waals surface area (Å²) in [6, 6.07) is 13.2. The van der Waals surface area contributed by atoms with E-state index in [0.29, 0.717) is 28.3 Å². The molecule has 0 amide bonds. The summed E-state index contributed by atoms with van der Waals surface area (Å²) >= 11 is 0. The van der Waals surface area contributed by atoms with Crippen LogP contribution in [0.15, 0.2) is 59.1 Å². The lowest BCUT2D eigenvalue weighted by atomic mass is 9.94. The Balaban J connectivity index is 1.21. The van der Waals surface area contributed by atoms with E-state index in [1.54, 1.807) is 12.1 Å². The minimum Gasteiger partial charge on any atom is -0.490 e. The quantitative estimate of drug-likeness (QED) is 0.204. The number of aromatic nitrogens is 2. The fourth-order valence-electron chi connectivity index (χ4n) is 5.60. The van der Waals surface area contributed by atoms with Gasteiger partial charge in [0.05, 0.1) is 11.6 Å². The van der Waals surface area contributed by atoms with Crippen molar-refractivity contribution in [2.24, 2.45) is 5.92 Å². The number of nitrogens with zero attached hydrogens (tertiary/aromatic N) is 3. The second kappa shape index (κ2) is 11.9. The number of anilines is 1. The number of hydrogen-bond acceptors (Lipinski definition) is 7. The highest BCUT2D eigenvalue weighted by Gasteiger charge is 2.35. The number of carboxylic acid groups (broad SMARTS) is 1. The van der Waals surface area contributed by atoms with Gasteiger partial charge in [-0.25, -0.2) is 9.78 Å². The number of hydrogen-bond donors (Lipinski definition) is 1. The second-order valence-electron chi connectivity index (χ2n) is 11.5. The molecule has 2 fully saturated rings. The van der Waals surface area contributed by atoms with Gasteiger partial charge in [-0.1, -0.05) is 29.4 Å². The molecule has 1 saturated heterocycles. The van der Waals surface area contributed by atoms with Crippen LogP contribution in [0.2, 0.25) is 0 Å². The van der Waals surface area contributed by atoms with E-state index in [0.717, 1.165) is 49.8 Å². The van der Waals surface area contributed by atoms with Crippen LogP contribution >= 0.6 is 0 Å². The number of halogens is 3. The molecule has 8 nitrogen and oxygen atoms in total. The molecule has 1 aliphatic carbocycles. The van der Waals surface area contributed by atoms with E-state index in [2.05, 4.69) is 25.9 Å². The van der Waals surface area contributed by atoms with Gasteiger partial charge in [-0.15, -0.1) is 13.2 Å². The molecule has 11 heteroatoms. The van der Waals surface area contributed by atoms with Gasteiger partial charge >= 0.3 is 12.3 Å². The summed E-state index contributed by atoms with van der Waals surface area (Å²) in [4.78, 5) is 18.1. The monoisotopic (exact) mass is 607 g/mol. The summed E-state index contributed by atoms with van der Waals surface area (Å²) in [7, 11) is 0. The molecule has 44 heavy (non-hydrogen) atoms. The molecule has 2 aromatic carbocycles. The fourth-order valence-corrected chi connectivity index (χ4v) is 5.60. The molecule has 6 rings (SSSR count). The van der Waals surface area contributed by atoms with Crippen molar-refractivity contribution in [2.75, 3.05) is 18.0 Å². The van der Waals surface area contributed by atoms with Crippen LogP contribution in [0.1, 0.15) is 67.3 Å². The third-order valence-electron chi connectivity index (χ3n) is 7.85. The van der Waals surface area contributed by atoms with Gasteiger partial charge in [-0.05, 0) is 75.8 Å². The van der Waals surface area contributed by atoms with Gasteiger partial charge in [0.1, 0.15) is 23.0 Å². The lowest BCUT2D eigenvalue weighted by Crippen LogP contribution is -2.33. The minimum absolute atomic E-state index is 0.0642. The van der Waals surface area contributed by atoms with E-state index in [9.17, 15) is 23.1 Å². The summed E-state index contributed by atoms with van der Waals surface area (Å²) in [5.74, 6) is 0.229. The van der Waals surface area contributed by atoms with Gasteiger partial charge in [0.2, 0.25) is 0 Å². The van der Waals surface area contributed by atoms with Crippen LogP contribution in [0.5, 0.6) is 11.5 Å². The number of piperidine rings is 1. The Kier molecular flexibility index (Phi) is 7.96. The average Bonchev–Trinajstić information content (AvgIpc) is 3.74. The van der Waals surface area contributed by atoms with Gasteiger partial charge in [0.15, 0.2) is 5.69 Å². The third-order valence-corrected chi connectivity index (χ3v) is 7.85. The first-order chi connectivity index (χ1) is 21.1. The molecular weight excluding hydrogens is 575 g/mol. The number of carboxylic acids is 1. The lowest BCUT2D eigenvalue weighted by molar-refractivity contribution is -0.274. The van der Waals surface area contributed by atoms with Crippen LogP contribution in [-0.2, 0) is 0 Å². The maximum Gasteiger partial charge on any atom is 0.573 e. The number of allylic oxidation sites excluding steroid dienone is 1. The zero-order chi connectivity index (χ0) is 31.0. The Hall–Kier alpha value is -4.54. The summed E-state index contributed by atoms with van der Waals surface area (Å²) in [5, 5.41) is 14.4. The van der Waals surface area contributed by atoms with Crippen molar-refractivity contribution < 1.29 is 37.1 Å². The smallest absolute Gasteiger partial charge is 0.490 e. The molecule has 0 radical (unpaired) electrons. The molecule has 0 bridgehead atoms. The van der Waals surface area contributed by atoms with Crippen molar-refractivity contribution in [1.29, 1.82) is 0 Å². The number of para-hydroxylation sites is 1. The van der Waals surface area contributed by atoms with E-state index >= 15 is 0 Å². The van der Waals surface area contributed by atoms with Crippen molar-refractivity contribution in [2.45, 2.75) is 57.9 Å². The van der Waals surface area contributed by atoms with Gasteiger partial charge in [0.25, 0.3) is 0 Å². The Bertz CT molecular complexity index is 1700. The highest BCUT2D eigenvalue weighted by Crippen LogP contribution is 2.46. The SMILES string of the molecule is CC(C)Oc1cc(C(=O)O)nc2ccc(N3CCC(/C=C/c4c(-c5ccccc5OC(F)(F)F)noc4C4CC4)CC3)cc12. The standard InChI is InChI=1S/C33H32F3N3O5/c1-19(2)42-29-18-27(32(40)41)37-26-12-10-22(17-25(26)29)39-15-13-20(14-16-39)7-11-24-30(38-44-31(24)21-8-9-21)23-5-3-4-6-28(23)43-33(34,35)36/h3-7,10-12,17-21H,8-9,13-16H2,1-2H3,(H,40,41)/b11-7+. The molecule has 1 aliphatic heterocycles. The predicted octanol–water partition coefficient (Wildman–Crippen LogP) is 8.08. The van der Waals surface area contributed by atoms with Crippen molar-refractivity contribution in [3.05, 3.63) is 71.6 Å². The molecule has 230 valence electrons.